The van der Waals surface area contributed by atoms with Crippen LogP contribution in [-0.4, -0.2) is 28.5 Å². The molecule has 0 aliphatic heterocycles. The van der Waals surface area contributed by atoms with E-state index in [1.54, 1.807) is 0 Å². The smallest absolute Gasteiger partial charge is 0.335 e. The molecule has 2 aromatic carbocycles. The van der Waals surface area contributed by atoms with Crippen LogP contribution in [0.2, 0.25) is 0 Å². The van der Waals surface area contributed by atoms with Crippen molar-refractivity contribution >= 4 is 17.6 Å². The summed E-state index contributed by atoms with van der Waals surface area (Å²) in [5.41, 5.74) is 0.863. The van der Waals surface area contributed by atoms with Crippen molar-refractivity contribution in [2.24, 2.45) is 0 Å². The van der Waals surface area contributed by atoms with Gasteiger partial charge in [0.05, 0.1) is 16.9 Å². The quantitative estimate of drug-likeness (QED) is 0.598. The van der Waals surface area contributed by atoms with Crippen molar-refractivity contribution in [3.63, 3.8) is 0 Å². The fourth-order valence-corrected chi connectivity index (χ4v) is 2.26. The number of nitro benzene ring substituents is 1. The topological polar surface area (TPSA) is 110 Å². The molecule has 0 saturated heterocycles. The Bertz CT molecular complexity index is 759. The van der Waals surface area contributed by atoms with Gasteiger partial charge in [-0.15, -0.1) is 0 Å². The van der Waals surface area contributed by atoms with Gasteiger partial charge in [-0.1, -0.05) is 36.4 Å². The molecule has 0 heterocycles. The third kappa shape index (κ3) is 4.64. The average molecular weight is 328 g/mol. The van der Waals surface area contributed by atoms with Gasteiger partial charge in [0, 0.05) is 18.2 Å². The van der Waals surface area contributed by atoms with Crippen LogP contribution in [0.15, 0.2) is 48.5 Å². The Morgan fingerprint density at radius 2 is 1.83 bits per heavy atom. The highest BCUT2D eigenvalue weighted by Crippen LogP contribution is 2.20. The first-order valence-electron chi connectivity index (χ1n) is 7.28. The van der Waals surface area contributed by atoms with Gasteiger partial charge in [0.15, 0.2) is 0 Å². The summed E-state index contributed by atoms with van der Waals surface area (Å²) in [5, 5.41) is 22.7. The molecule has 0 saturated carbocycles. The Balaban J connectivity index is 1.95. The van der Waals surface area contributed by atoms with Gasteiger partial charge in [0.1, 0.15) is 0 Å². The molecule has 0 radical (unpaired) electrons. The number of nitrogens with one attached hydrogen (secondary N) is 1. The zero-order valence-corrected chi connectivity index (χ0v) is 12.8. The summed E-state index contributed by atoms with van der Waals surface area (Å²) >= 11 is 0. The Kier molecular flexibility index (Phi) is 5.62. The van der Waals surface area contributed by atoms with Crippen LogP contribution in [0.1, 0.15) is 21.5 Å². The number of carbonyl (C=O) groups is 2. The van der Waals surface area contributed by atoms with Gasteiger partial charge in [-0.2, -0.15) is 0 Å². The second kappa shape index (κ2) is 7.87. The molecule has 2 rings (SSSR count). The lowest BCUT2D eigenvalue weighted by molar-refractivity contribution is -0.385. The highest BCUT2D eigenvalue weighted by Gasteiger charge is 2.17. The van der Waals surface area contributed by atoms with E-state index in [4.69, 9.17) is 5.11 Å². The molecule has 24 heavy (non-hydrogen) atoms. The van der Waals surface area contributed by atoms with E-state index < -0.39 is 10.9 Å². The Morgan fingerprint density at radius 1 is 1.12 bits per heavy atom. The Hall–Kier alpha value is -3.22. The molecule has 0 aliphatic rings. The number of aromatic carboxylic acids is 1. The van der Waals surface area contributed by atoms with Gasteiger partial charge in [-0.25, -0.2) is 4.79 Å². The second-order valence-corrected chi connectivity index (χ2v) is 5.17. The summed E-state index contributed by atoms with van der Waals surface area (Å²) in [6, 6.07) is 13.0. The van der Waals surface area contributed by atoms with Crippen LogP contribution in [-0.2, 0) is 17.6 Å². The van der Waals surface area contributed by atoms with E-state index in [0.717, 1.165) is 11.6 Å². The Morgan fingerprint density at radius 3 is 2.46 bits per heavy atom. The number of hydrogen-bond donors (Lipinski definition) is 2. The zero-order chi connectivity index (χ0) is 17.5. The predicted molar refractivity (Wildman–Crippen MR) is 86.9 cm³/mol. The minimum Gasteiger partial charge on any atom is -0.478 e. The van der Waals surface area contributed by atoms with Crippen molar-refractivity contribution in [2.75, 3.05) is 6.54 Å². The first-order chi connectivity index (χ1) is 11.5. The fraction of sp³-hybridized carbons (Fsp3) is 0.176. The highest BCUT2D eigenvalue weighted by atomic mass is 16.6. The van der Waals surface area contributed by atoms with Crippen LogP contribution in [0.25, 0.3) is 0 Å². The third-order valence-corrected chi connectivity index (χ3v) is 3.45. The first kappa shape index (κ1) is 17.1. The molecular weight excluding hydrogens is 312 g/mol. The monoisotopic (exact) mass is 328 g/mol. The molecule has 0 bridgehead atoms. The van der Waals surface area contributed by atoms with Crippen molar-refractivity contribution in [2.45, 2.75) is 12.8 Å². The molecule has 0 aliphatic carbocycles. The summed E-state index contributed by atoms with van der Waals surface area (Å²) in [6.45, 7) is 0.235. The van der Waals surface area contributed by atoms with E-state index in [0.29, 0.717) is 5.56 Å². The molecule has 2 aromatic rings. The van der Waals surface area contributed by atoms with Crippen molar-refractivity contribution < 1.29 is 19.6 Å². The Labute approximate surface area is 138 Å². The zero-order valence-electron chi connectivity index (χ0n) is 12.8. The molecule has 124 valence electrons. The lowest BCUT2D eigenvalue weighted by atomic mass is 10.1. The number of nitrogens with zero attached hydrogens (tertiary/aromatic N) is 1. The number of carboxylic acids is 1. The third-order valence-electron chi connectivity index (χ3n) is 3.45. The minimum atomic E-state index is -1.22. The summed E-state index contributed by atoms with van der Waals surface area (Å²) in [6.07, 6.45) is 0.484. The van der Waals surface area contributed by atoms with Gasteiger partial charge in [0.2, 0.25) is 5.91 Å². The van der Waals surface area contributed by atoms with Crippen LogP contribution in [0.4, 0.5) is 5.69 Å². The van der Waals surface area contributed by atoms with E-state index in [1.807, 2.05) is 30.3 Å². The molecule has 0 spiro atoms. The SMILES string of the molecule is O=C(Cc1ccccc1)NCCc1ccc(C(=O)O)cc1[N+](=O)[O-]. The van der Waals surface area contributed by atoms with Crippen LogP contribution >= 0.6 is 0 Å². The largest absolute Gasteiger partial charge is 0.478 e. The number of carbonyl (C=O) groups excluding carboxylic acids is 1. The summed E-state index contributed by atoms with van der Waals surface area (Å²) in [5.74, 6) is -1.40. The van der Waals surface area contributed by atoms with Crippen LogP contribution in [0.5, 0.6) is 0 Å². The van der Waals surface area contributed by atoms with Crippen LogP contribution < -0.4 is 5.32 Å². The molecule has 2 N–H and O–H groups in total. The van der Waals surface area contributed by atoms with Crippen LogP contribution in [0.3, 0.4) is 0 Å². The van der Waals surface area contributed by atoms with Crippen molar-refractivity contribution in [3.05, 3.63) is 75.3 Å². The summed E-state index contributed by atoms with van der Waals surface area (Å²) < 4.78 is 0. The van der Waals surface area contributed by atoms with Crippen molar-refractivity contribution in [3.8, 4) is 0 Å². The molecule has 7 nitrogen and oxygen atoms in total. The van der Waals surface area contributed by atoms with E-state index in [1.165, 1.54) is 12.1 Å². The standard InChI is InChI=1S/C17H16N2O5/c20-16(10-12-4-2-1-3-5-12)18-9-8-13-6-7-14(17(21)22)11-15(13)19(23)24/h1-7,11H,8-10H2,(H,18,20)(H,21,22). The average Bonchev–Trinajstić information content (AvgIpc) is 2.55. The van der Waals surface area contributed by atoms with E-state index in [9.17, 15) is 19.7 Å². The van der Waals surface area contributed by atoms with Gasteiger partial charge in [0.25, 0.3) is 5.69 Å². The number of carboxylic acid groups (broad SMARTS) is 1. The maximum absolute atomic E-state index is 11.8. The molecule has 0 fully saturated rings. The molecule has 7 heteroatoms. The molecule has 0 atom stereocenters. The normalized spacial score (nSPS) is 10.2. The van der Waals surface area contributed by atoms with Crippen LogP contribution in [0, 0.1) is 10.1 Å². The maximum Gasteiger partial charge on any atom is 0.335 e. The van der Waals surface area contributed by atoms with Gasteiger partial charge in [-0.05, 0) is 18.1 Å². The van der Waals surface area contributed by atoms with E-state index >= 15 is 0 Å². The van der Waals surface area contributed by atoms with Gasteiger partial charge < -0.3 is 10.4 Å². The number of hydrogen-bond acceptors (Lipinski definition) is 4. The summed E-state index contributed by atoms with van der Waals surface area (Å²) in [7, 11) is 0. The van der Waals surface area contributed by atoms with Gasteiger partial charge >= 0.3 is 5.97 Å². The number of nitro groups is 1. The molecule has 0 unspecified atom stereocenters. The minimum absolute atomic E-state index is 0.140. The second-order valence-electron chi connectivity index (χ2n) is 5.17. The lowest BCUT2D eigenvalue weighted by Crippen LogP contribution is -2.27. The number of benzene rings is 2. The van der Waals surface area contributed by atoms with Gasteiger partial charge in [-0.3, -0.25) is 14.9 Å². The maximum atomic E-state index is 11.8. The molecule has 1 amide bonds. The highest BCUT2D eigenvalue weighted by molar-refractivity contribution is 5.88. The van der Waals surface area contributed by atoms with Crippen molar-refractivity contribution in [1.29, 1.82) is 0 Å². The lowest BCUT2D eigenvalue weighted by Gasteiger charge is -2.07. The first-order valence-corrected chi connectivity index (χ1v) is 7.28. The van der Waals surface area contributed by atoms with E-state index in [2.05, 4.69) is 5.32 Å². The predicted octanol–water partition coefficient (Wildman–Crippen LogP) is 2.19. The number of rotatable bonds is 7. The molecular formula is C17H16N2O5. The fourth-order valence-electron chi connectivity index (χ4n) is 2.26. The summed E-state index contributed by atoms with van der Waals surface area (Å²) in [4.78, 5) is 33.2. The molecule has 0 aromatic heterocycles. The van der Waals surface area contributed by atoms with E-state index in [-0.39, 0.29) is 36.5 Å². The van der Waals surface area contributed by atoms with Crippen molar-refractivity contribution in [1.82, 2.24) is 5.32 Å². The number of amides is 1.